The number of hydrogen-bond acceptors (Lipinski definition) is 5. The topological polar surface area (TPSA) is 84.4 Å². The second-order valence-corrected chi connectivity index (χ2v) is 9.02. The van der Waals surface area contributed by atoms with Crippen molar-refractivity contribution < 1.29 is 14.3 Å². The number of likely N-dealkylation sites (N-methyl/N-ethyl adjacent to an activating group) is 1. The number of nitrogens with zero attached hydrogens (tertiary/aromatic N) is 3. The van der Waals surface area contributed by atoms with Gasteiger partial charge in [0.15, 0.2) is 0 Å². The molecule has 32 heavy (non-hydrogen) atoms. The zero-order valence-electron chi connectivity index (χ0n) is 19.7. The third-order valence-electron chi connectivity index (χ3n) is 5.18. The number of alkyl carbamates (subject to hydrolysis) is 1. The van der Waals surface area contributed by atoms with Crippen LogP contribution in [0, 0.1) is 0 Å². The van der Waals surface area contributed by atoms with Gasteiger partial charge in [-0.25, -0.2) is 4.79 Å². The minimum absolute atomic E-state index is 0.0763. The van der Waals surface area contributed by atoms with Crippen molar-refractivity contribution in [1.82, 2.24) is 20.2 Å². The van der Waals surface area contributed by atoms with E-state index in [0.29, 0.717) is 0 Å². The van der Waals surface area contributed by atoms with Crippen molar-refractivity contribution in [2.45, 2.75) is 70.9 Å². The molecule has 0 saturated heterocycles. The fraction of sp³-hybridized carbons (Fsp3) is 0.520. The van der Waals surface area contributed by atoms with E-state index in [1.54, 1.807) is 38.1 Å². The monoisotopic (exact) mass is 440 g/mol. The summed E-state index contributed by atoms with van der Waals surface area (Å²) < 4.78 is 5.22. The van der Waals surface area contributed by atoms with Crippen molar-refractivity contribution in [2.24, 2.45) is 0 Å². The van der Waals surface area contributed by atoms with Crippen LogP contribution in [0.1, 0.15) is 57.6 Å². The molecule has 2 aromatic heterocycles. The van der Waals surface area contributed by atoms with Crippen LogP contribution in [0.5, 0.6) is 0 Å². The van der Waals surface area contributed by atoms with Gasteiger partial charge >= 0.3 is 6.09 Å². The van der Waals surface area contributed by atoms with Gasteiger partial charge in [0.05, 0.1) is 0 Å². The second kappa shape index (κ2) is 12.8. The van der Waals surface area contributed by atoms with E-state index < -0.39 is 11.7 Å². The first-order valence-electron chi connectivity index (χ1n) is 11.2. The molecule has 0 bridgehead atoms. The Balaban J connectivity index is 1.89. The molecule has 0 fully saturated rings. The number of amides is 2. The van der Waals surface area contributed by atoms with Crippen molar-refractivity contribution in [3.8, 4) is 0 Å². The van der Waals surface area contributed by atoms with E-state index in [-0.39, 0.29) is 18.5 Å². The van der Waals surface area contributed by atoms with Crippen LogP contribution in [-0.2, 0) is 22.4 Å². The first-order chi connectivity index (χ1) is 15.2. The van der Waals surface area contributed by atoms with Crippen molar-refractivity contribution in [2.75, 3.05) is 13.6 Å². The number of pyridine rings is 2. The lowest BCUT2D eigenvalue weighted by atomic mass is 9.99. The highest BCUT2D eigenvalue weighted by Crippen LogP contribution is 2.16. The van der Waals surface area contributed by atoms with Gasteiger partial charge < -0.3 is 15.0 Å². The van der Waals surface area contributed by atoms with Crippen molar-refractivity contribution >= 4 is 12.0 Å². The lowest BCUT2D eigenvalue weighted by Gasteiger charge is -2.29. The summed E-state index contributed by atoms with van der Waals surface area (Å²) in [6, 6.07) is 8.13. The Kier molecular flexibility index (Phi) is 10.1. The van der Waals surface area contributed by atoms with Gasteiger partial charge in [-0.05, 0) is 82.6 Å². The van der Waals surface area contributed by atoms with E-state index in [1.165, 1.54) is 11.1 Å². The highest BCUT2D eigenvalue weighted by Gasteiger charge is 2.22. The van der Waals surface area contributed by atoms with Crippen LogP contribution >= 0.6 is 0 Å². The van der Waals surface area contributed by atoms with Gasteiger partial charge in [-0.3, -0.25) is 14.8 Å². The smallest absolute Gasteiger partial charge is 0.408 e. The summed E-state index contributed by atoms with van der Waals surface area (Å²) in [4.78, 5) is 34.8. The fourth-order valence-electron chi connectivity index (χ4n) is 3.50. The van der Waals surface area contributed by atoms with Gasteiger partial charge in [-0.1, -0.05) is 12.1 Å². The predicted molar refractivity (Wildman–Crippen MR) is 125 cm³/mol. The molecular weight excluding hydrogens is 404 g/mol. The molecule has 2 heterocycles. The Morgan fingerprint density at radius 3 is 1.97 bits per heavy atom. The Labute approximate surface area is 191 Å². The normalized spacial score (nSPS) is 11.3. The molecule has 0 aromatic carbocycles. The first-order valence-corrected chi connectivity index (χ1v) is 11.2. The average molecular weight is 441 g/mol. The molecular formula is C25H36N4O3. The molecule has 0 aliphatic heterocycles. The number of aromatic nitrogens is 2. The lowest BCUT2D eigenvalue weighted by Crippen LogP contribution is -2.44. The van der Waals surface area contributed by atoms with Crippen LogP contribution in [0.3, 0.4) is 0 Å². The second-order valence-electron chi connectivity index (χ2n) is 9.02. The highest BCUT2D eigenvalue weighted by atomic mass is 16.6. The number of carbonyl (C=O) groups is 2. The maximum Gasteiger partial charge on any atom is 0.408 e. The van der Waals surface area contributed by atoms with Crippen LogP contribution < -0.4 is 5.32 Å². The van der Waals surface area contributed by atoms with Crippen LogP contribution in [-0.4, -0.2) is 52.1 Å². The molecule has 0 aliphatic carbocycles. The van der Waals surface area contributed by atoms with Gasteiger partial charge in [-0.2, -0.15) is 0 Å². The van der Waals surface area contributed by atoms with E-state index >= 15 is 0 Å². The summed E-state index contributed by atoms with van der Waals surface area (Å²) in [5.74, 6) is -0.122. The van der Waals surface area contributed by atoms with E-state index in [0.717, 1.165) is 38.5 Å². The standard InChI is InChI=1S/C25H36N4O3/c1-25(2,3)32-24(31)28-19-23(30)29(4)22(13-5-9-20-11-7-15-26-17-20)14-6-10-21-12-8-16-27-18-21/h7-8,11-12,15-18,22H,5-6,9-10,13-14,19H2,1-4H3,(H,28,31). The number of nitrogens with one attached hydrogen (secondary N) is 1. The van der Waals surface area contributed by atoms with Gasteiger partial charge in [0.2, 0.25) is 5.91 Å². The Bertz CT molecular complexity index is 777. The molecule has 7 heteroatoms. The zero-order chi connectivity index (χ0) is 23.4. The number of ether oxygens (including phenoxy) is 1. The van der Waals surface area contributed by atoms with Crippen LogP contribution in [0.4, 0.5) is 4.79 Å². The molecule has 0 spiro atoms. The summed E-state index contributed by atoms with van der Waals surface area (Å²) in [5, 5.41) is 2.57. The maximum absolute atomic E-state index is 12.8. The Hall–Kier alpha value is -2.96. The minimum atomic E-state index is -0.597. The van der Waals surface area contributed by atoms with E-state index in [4.69, 9.17) is 4.74 Å². The summed E-state index contributed by atoms with van der Waals surface area (Å²) in [6.07, 6.45) is 12.3. The van der Waals surface area contributed by atoms with Gasteiger partial charge in [0.1, 0.15) is 12.1 Å². The number of rotatable bonds is 11. The van der Waals surface area contributed by atoms with E-state index in [2.05, 4.69) is 27.4 Å². The molecule has 1 N–H and O–H groups in total. The van der Waals surface area contributed by atoms with E-state index in [1.807, 2.05) is 31.6 Å². The fourth-order valence-corrected chi connectivity index (χ4v) is 3.50. The predicted octanol–water partition coefficient (Wildman–Crippen LogP) is 4.17. The first kappa shape index (κ1) is 25.3. The largest absolute Gasteiger partial charge is 0.444 e. The highest BCUT2D eigenvalue weighted by molar-refractivity contribution is 5.82. The molecule has 0 aliphatic rings. The Morgan fingerprint density at radius 2 is 1.53 bits per heavy atom. The number of hydrogen-bond donors (Lipinski definition) is 1. The maximum atomic E-state index is 12.8. The van der Waals surface area contributed by atoms with Gasteiger partial charge in [0, 0.05) is 37.9 Å². The Morgan fingerprint density at radius 1 is 1.00 bits per heavy atom. The number of aryl methyl sites for hydroxylation is 2. The molecule has 2 amide bonds. The summed E-state index contributed by atoms with van der Waals surface area (Å²) in [5.41, 5.74) is 1.80. The van der Waals surface area contributed by atoms with Crippen molar-refractivity contribution in [3.05, 3.63) is 60.2 Å². The quantitative estimate of drug-likeness (QED) is 0.567. The number of carbonyl (C=O) groups excluding carboxylic acids is 2. The van der Waals surface area contributed by atoms with Crippen molar-refractivity contribution in [3.63, 3.8) is 0 Å². The lowest BCUT2D eigenvalue weighted by molar-refractivity contribution is -0.131. The average Bonchev–Trinajstić information content (AvgIpc) is 2.76. The third-order valence-corrected chi connectivity index (χ3v) is 5.18. The molecule has 0 radical (unpaired) electrons. The minimum Gasteiger partial charge on any atom is -0.444 e. The summed E-state index contributed by atoms with van der Waals surface area (Å²) in [7, 11) is 1.82. The molecule has 2 aromatic rings. The van der Waals surface area contributed by atoms with E-state index in [9.17, 15) is 9.59 Å². The molecule has 7 nitrogen and oxygen atoms in total. The zero-order valence-corrected chi connectivity index (χ0v) is 19.7. The third kappa shape index (κ3) is 9.90. The van der Waals surface area contributed by atoms with Crippen LogP contribution in [0.25, 0.3) is 0 Å². The molecule has 0 saturated carbocycles. The van der Waals surface area contributed by atoms with Gasteiger partial charge in [-0.15, -0.1) is 0 Å². The van der Waals surface area contributed by atoms with Gasteiger partial charge in [0.25, 0.3) is 0 Å². The molecule has 2 rings (SSSR count). The molecule has 174 valence electrons. The summed E-state index contributed by atoms with van der Waals surface area (Å²) >= 11 is 0. The van der Waals surface area contributed by atoms with Crippen LogP contribution in [0.15, 0.2) is 49.1 Å². The van der Waals surface area contributed by atoms with Crippen molar-refractivity contribution in [1.29, 1.82) is 0 Å². The molecule has 0 atom stereocenters. The summed E-state index contributed by atoms with van der Waals surface area (Å²) in [6.45, 7) is 5.30. The molecule has 0 unspecified atom stereocenters. The van der Waals surface area contributed by atoms with Crippen LogP contribution in [0.2, 0.25) is 0 Å². The SMILES string of the molecule is CN(C(=O)CNC(=O)OC(C)(C)C)C(CCCc1cccnc1)CCCc1cccnc1.